The minimum atomic E-state index is -0.533. The zero-order chi connectivity index (χ0) is 23.4. The first kappa shape index (κ1) is 21.1. The molecule has 0 spiro atoms. The molecule has 5 rings (SSSR count). The Balaban J connectivity index is 1.53. The van der Waals surface area contributed by atoms with Crippen molar-refractivity contribution in [2.45, 2.75) is 38.1 Å². The molecule has 2 heterocycles. The number of anilines is 1. The number of benzene rings is 3. The van der Waals surface area contributed by atoms with Crippen LogP contribution in [0.2, 0.25) is 0 Å². The lowest BCUT2D eigenvalue weighted by atomic mass is 9.65. The van der Waals surface area contributed by atoms with Crippen molar-refractivity contribution in [3.05, 3.63) is 101 Å². The largest absolute Gasteiger partial charge is 0.305 e. The van der Waals surface area contributed by atoms with Gasteiger partial charge in [-0.25, -0.2) is 0 Å². The van der Waals surface area contributed by atoms with Gasteiger partial charge in [-0.2, -0.15) is 0 Å². The Morgan fingerprint density at radius 3 is 1.97 bits per heavy atom. The Kier molecular flexibility index (Phi) is 4.74. The summed E-state index contributed by atoms with van der Waals surface area (Å²) >= 11 is 0. The van der Waals surface area contributed by atoms with E-state index < -0.39 is 17.4 Å². The number of nitrogens with zero attached hydrogens (tertiary/aromatic N) is 2. The van der Waals surface area contributed by atoms with Crippen LogP contribution in [0, 0.1) is 0 Å². The van der Waals surface area contributed by atoms with E-state index in [4.69, 9.17) is 0 Å². The van der Waals surface area contributed by atoms with E-state index in [0.717, 1.165) is 16.2 Å². The van der Waals surface area contributed by atoms with Gasteiger partial charge in [-0.1, -0.05) is 67.6 Å². The first-order valence-corrected chi connectivity index (χ1v) is 11.2. The predicted octanol–water partition coefficient (Wildman–Crippen LogP) is 4.80. The van der Waals surface area contributed by atoms with E-state index in [-0.39, 0.29) is 17.9 Å². The molecule has 0 bridgehead atoms. The van der Waals surface area contributed by atoms with Crippen LogP contribution >= 0.6 is 0 Å². The standard InChI is InChI=1S/C28H26N2O3/c1-27(2)18-28(3,19-11-5-4-6-12-19)22-15-9-10-16-23(22)30(27)24(31)17-29-25(32)20-13-7-8-14-21(20)26(29)33/h4-16H,17-18H2,1-3H3/t28-/m0/s1. The molecule has 3 aromatic rings. The lowest BCUT2D eigenvalue weighted by molar-refractivity contribution is -0.120. The summed E-state index contributed by atoms with van der Waals surface area (Å²) < 4.78 is 0. The van der Waals surface area contributed by atoms with Crippen molar-refractivity contribution in [1.82, 2.24) is 4.90 Å². The van der Waals surface area contributed by atoms with Gasteiger partial charge in [-0.05, 0) is 49.6 Å². The first-order chi connectivity index (χ1) is 15.7. The minimum Gasteiger partial charge on any atom is -0.305 e. The number of carbonyl (C=O) groups is 3. The Morgan fingerprint density at radius 1 is 0.788 bits per heavy atom. The molecule has 166 valence electrons. The lowest BCUT2D eigenvalue weighted by Gasteiger charge is -2.51. The molecule has 2 aliphatic rings. The van der Waals surface area contributed by atoms with Gasteiger partial charge in [0.15, 0.2) is 0 Å². The zero-order valence-corrected chi connectivity index (χ0v) is 19.0. The van der Waals surface area contributed by atoms with Crippen LogP contribution in [-0.4, -0.2) is 34.7 Å². The Hall–Kier alpha value is -3.73. The molecule has 0 N–H and O–H groups in total. The minimum absolute atomic E-state index is 0.267. The van der Waals surface area contributed by atoms with E-state index in [9.17, 15) is 14.4 Å². The first-order valence-electron chi connectivity index (χ1n) is 11.2. The normalized spacial score (nSPS) is 21.1. The summed E-state index contributed by atoms with van der Waals surface area (Å²) in [6.45, 7) is 6.02. The summed E-state index contributed by atoms with van der Waals surface area (Å²) in [5.74, 6) is -1.10. The molecule has 0 fully saturated rings. The number of para-hydroxylation sites is 1. The van der Waals surface area contributed by atoms with Crippen molar-refractivity contribution in [1.29, 1.82) is 0 Å². The predicted molar refractivity (Wildman–Crippen MR) is 127 cm³/mol. The highest BCUT2D eigenvalue weighted by molar-refractivity contribution is 6.22. The number of amides is 3. The second-order valence-corrected chi connectivity index (χ2v) is 9.68. The van der Waals surface area contributed by atoms with E-state index in [1.165, 1.54) is 5.56 Å². The average Bonchev–Trinajstić information content (AvgIpc) is 3.04. The number of fused-ring (bicyclic) bond motifs is 2. The summed E-state index contributed by atoms with van der Waals surface area (Å²) in [6, 6.07) is 25.0. The number of hydrogen-bond acceptors (Lipinski definition) is 3. The maximum Gasteiger partial charge on any atom is 0.262 e. The number of hydrogen-bond donors (Lipinski definition) is 0. The fourth-order valence-electron chi connectivity index (χ4n) is 5.62. The van der Waals surface area contributed by atoms with Gasteiger partial charge in [0.1, 0.15) is 6.54 Å². The van der Waals surface area contributed by atoms with Gasteiger partial charge in [0.25, 0.3) is 11.8 Å². The van der Waals surface area contributed by atoms with Gasteiger partial charge >= 0.3 is 0 Å². The topological polar surface area (TPSA) is 57.7 Å². The molecule has 33 heavy (non-hydrogen) atoms. The molecule has 3 aromatic carbocycles. The van der Waals surface area contributed by atoms with Gasteiger partial charge in [-0.15, -0.1) is 0 Å². The fraction of sp³-hybridized carbons (Fsp3) is 0.250. The molecule has 3 amide bonds. The second kappa shape index (κ2) is 7.41. The van der Waals surface area contributed by atoms with E-state index in [1.54, 1.807) is 29.2 Å². The van der Waals surface area contributed by atoms with E-state index in [0.29, 0.717) is 17.5 Å². The summed E-state index contributed by atoms with van der Waals surface area (Å²) in [5.41, 5.74) is 2.96. The highest BCUT2D eigenvalue weighted by Gasteiger charge is 2.48. The van der Waals surface area contributed by atoms with Crippen LogP contribution in [0.25, 0.3) is 0 Å². The number of imide groups is 1. The molecule has 2 aliphatic heterocycles. The van der Waals surface area contributed by atoms with Crippen LogP contribution in [0.1, 0.15) is 59.0 Å². The molecule has 0 saturated carbocycles. The maximum absolute atomic E-state index is 13.7. The summed E-state index contributed by atoms with van der Waals surface area (Å²) in [7, 11) is 0. The van der Waals surface area contributed by atoms with Crippen molar-refractivity contribution < 1.29 is 14.4 Å². The van der Waals surface area contributed by atoms with Crippen molar-refractivity contribution in [2.24, 2.45) is 0 Å². The van der Waals surface area contributed by atoms with Gasteiger partial charge < -0.3 is 4.90 Å². The van der Waals surface area contributed by atoms with Gasteiger partial charge in [0.2, 0.25) is 5.91 Å². The quantitative estimate of drug-likeness (QED) is 0.552. The lowest BCUT2D eigenvalue weighted by Crippen LogP contribution is -2.58. The molecule has 0 radical (unpaired) electrons. The molecule has 5 heteroatoms. The maximum atomic E-state index is 13.7. The molecule has 0 aliphatic carbocycles. The van der Waals surface area contributed by atoms with E-state index in [1.807, 2.05) is 50.2 Å². The third kappa shape index (κ3) is 3.18. The Labute approximate surface area is 193 Å². The van der Waals surface area contributed by atoms with Gasteiger partial charge in [0, 0.05) is 16.6 Å². The summed E-state index contributed by atoms with van der Waals surface area (Å²) in [4.78, 5) is 42.3. The molecule has 1 atom stereocenters. The van der Waals surface area contributed by atoms with Crippen molar-refractivity contribution in [3.63, 3.8) is 0 Å². The third-order valence-electron chi connectivity index (χ3n) is 6.96. The van der Waals surface area contributed by atoms with Crippen molar-refractivity contribution >= 4 is 23.4 Å². The molecule has 5 nitrogen and oxygen atoms in total. The average molecular weight is 439 g/mol. The molecule has 0 unspecified atom stereocenters. The smallest absolute Gasteiger partial charge is 0.262 e. The van der Waals surface area contributed by atoms with Crippen LogP contribution in [-0.2, 0) is 10.2 Å². The van der Waals surface area contributed by atoms with E-state index >= 15 is 0 Å². The number of carbonyl (C=O) groups excluding carboxylic acids is 3. The molecule has 0 aromatic heterocycles. The highest BCUT2D eigenvalue weighted by Crippen LogP contribution is 2.50. The van der Waals surface area contributed by atoms with E-state index in [2.05, 4.69) is 25.1 Å². The second-order valence-electron chi connectivity index (χ2n) is 9.68. The van der Waals surface area contributed by atoms with Gasteiger partial charge in [-0.3, -0.25) is 19.3 Å². The SMILES string of the molecule is CC1(C)C[C@@](C)(c2ccccc2)c2ccccc2N1C(=O)CN1C(=O)c2ccccc2C1=O. The van der Waals surface area contributed by atoms with Crippen LogP contribution < -0.4 is 4.90 Å². The van der Waals surface area contributed by atoms with Crippen LogP contribution in [0.5, 0.6) is 0 Å². The van der Waals surface area contributed by atoms with Gasteiger partial charge in [0.05, 0.1) is 11.1 Å². The van der Waals surface area contributed by atoms with Crippen LogP contribution in [0.15, 0.2) is 78.9 Å². The third-order valence-corrected chi connectivity index (χ3v) is 6.96. The molecular formula is C28H26N2O3. The molecule has 0 saturated heterocycles. The monoisotopic (exact) mass is 438 g/mol. The summed E-state index contributed by atoms with van der Waals surface area (Å²) in [5, 5.41) is 0. The summed E-state index contributed by atoms with van der Waals surface area (Å²) in [6.07, 6.45) is 0.703. The van der Waals surface area contributed by atoms with Crippen molar-refractivity contribution in [2.75, 3.05) is 11.4 Å². The molecular weight excluding hydrogens is 412 g/mol. The fourth-order valence-corrected chi connectivity index (χ4v) is 5.62. The zero-order valence-electron chi connectivity index (χ0n) is 19.0. The Bertz CT molecular complexity index is 1250. The Morgan fingerprint density at radius 2 is 1.33 bits per heavy atom. The van der Waals surface area contributed by atoms with Crippen LogP contribution in [0.4, 0.5) is 5.69 Å². The van der Waals surface area contributed by atoms with Crippen LogP contribution in [0.3, 0.4) is 0 Å². The highest BCUT2D eigenvalue weighted by atomic mass is 16.2. The number of rotatable bonds is 3. The van der Waals surface area contributed by atoms with Crippen molar-refractivity contribution in [3.8, 4) is 0 Å².